The summed E-state index contributed by atoms with van der Waals surface area (Å²) in [5.74, 6) is 0.530. The lowest BCUT2D eigenvalue weighted by Crippen LogP contribution is -2.45. The van der Waals surface area contributed by atoms with E-state index in [0.29, 0.717) is 31.2 Å². The Labute approximate surface area is 189 Å². The molecular weight excluding hydrogens is 404 g/mol. The number of hydrogen-bond acceptors (Lipinski definition) is 6. The molecule has 2 aliphatic rings. The fourth-order valence-electron chi connectivity index (χ4n) is 4.36. The van der Waals surface area contributed by atoms with Crippen LogP contribution in [-0.4, -0.2) is 77.2 Å². The number of piperazine rings is 1. The van der Waals surface area contributed by atoms with Crippen molar-refractivity contribution in [2.24, 2.45) is 5.92 Å². The van der Waals surface area contributed by atoms with Gasteiger partial charge in [-0.2, -0.15) is 0 Å². The summed E-state index contributed by atoms with van der Waals surface area (Å²) in [7, 11) is 0. The monoisotopic (exact) mass is 436 g/mol. The third-order valence-electron chi connectivity index (χ3n) is 6.35. The molecule has 0 saturated carbocycles. The van der Waals surface area contributed by atoms with E-state index in [9.17, 15) is 9.59 Å². The van der Waals surface area contributed by atoms with Crippen molar-refractivity contribution in [3.63, 3.8) is 0 Å². The van der Waals surface area contributed by atoms with Crippen molar-refractivity contribution >= 4 is 17.8 Å². The number of amides is 1. The van der Waals surface area contributed by atoms with E-state index in [4.69, 9.17) is 4.42 Å². The van der Waals surface area contributed by atoms with Crippen LogP contribution in [0.4, 0.5) is 0 Å². The zero-order valence-electron chi connectivity index (χ0n) is 18.8. The van der Waals surface area contributed by atoms with Gasteiger partial charge < -0.3 is 9.32 Å². The van der Waals surface area contributed by atoms with Crippen LogP contribution >= 0.6 is 0 Å². The van der Waals surface area contributed by atoms with E-state index in [1.165, 1.54) is 11.8 Å². The lowest BCUT2D eigenvalue weighted by molar-refractivity contribution is -0.122. The van der Waals surface area contributed by atoms with Gasteiger partial charge in [-0.05, 0) is 25.3 Å². The van der Waals surface area contributed by atoms with Crippen LogP contribution in [0.15, 0.2) is 47.1 Å². The Balaban J connectivity index is 1.22. The molecule has 4 rings (SSSR count). The molecule has 0 aliphatic carbocycles. The van der Waals surface area contributed by atoms with Gasteiger partial charge in [0, 0.05) is 51.7 Å². The molecule has 3 heterocycles. The summed E-state index contributed by atoms with van der Waals surface area (Å²) in [6.07, 6.45) is 7.55. The number of oxazole rings is 1. The minimum atomic E-state index is -0.138. The highest BCUT2D eigenvalue weighted by Gasteiger charge is 2.28. The van der Waals surface area contributed by atoms with Crippen molar-refractivity contribution in [2.45, 2.75) is 26.3 Å². The van der Waals surface area contributed by atoms with Gasteiger partial charge in [-0.25, -0.2) is 4.98 Å². The Morgan fingerprint density at radius 2 is 1.84 bits per heavy atom. The van der Waals surface area contributed by atoms with Crippen LogP contribution in [-0.2, 0) is 11.3 Å². The topological polar surface area (TPSA) is 69.9 Å². The Morgan fingerprint density at radius 1 is 1.09 bits per heavy atom. The molecule has 0 bridgehead atoms. The summed E-state index contributed by atoms with van der Waals surface area (Å²) in [6, 6.07) is 10.3. The SMILES string of the molecule is CC(=O)C1CCCN(C(=O)c2coc(CN3CCN(C/C=C/c4ccccc4)CC3)n2)C1. The molecule has 7 nitrogen and oxygen atoms in total. The van der Waals surface area contributed by atoms with Gasteiger partial charge in [0.2, 0.25) is 5.89 Å². The fourth-order valence-corrected chi connectivity index (χ4v) is 4.36. The summed E-state index contributed by atoms with van der Waals surface area (Å²) in [6.45, 7) is 8.18. The lowest BCUT2D eigenvalue weighted by Gasteiger charge is -2.33. The minimum absolute atomic E-state index is 0.0575. The van der Waals surface area contributed by atoms with Gasteiger partial charge in [0.1, 0.15) is 12.0 Å². The van der Waals surface area contributed by atoms with Gasteiger partial charge in [0.25, 0.3) is 5.91 Å². The lowest BCUT2D eigenvalue weighted by atomic mass is 9.94. The average Bonchev–Trinajstić information content (AvgIpc) is 3.29. The molecule has 0 N–H and O–H groups in total. The maximum Gasteiger partial charge on any atom is 0.275 e. The van der Waals surface area contributed by atoms with Crippen LogP contribution in [0.25, 0.3) is 6.08 Å². The zero-order valence-corrected chi connectivity index (χ0v) is 18.8. The molecule has 7 heteroatoms. The number of rotatable bonds is 7. The van der Waals surface area contributed by atoms with E-state index in [2.05, 4.69) is 51.2 Å². The first-order chi connectivity index (χ1) is 15.6. The van der Waals surface area contributed by atoms with Crippen LogP contribution in [0.1, 0.15) is 41.7 Å². The molecule has 32 heavy (non-hydrogen) atoms. The summed E-state index contributed by atoms with van der Waals surface area (Å²) in [5, 5.41) is 0. The number of aromatic nitrogens is 1. The van der Waals surface area contributed by atoms with E-state index in [1.54, 1.807) is 11.8 Å². The van der Waals surface area contributed by atoms with Gasteiger partial charge in [0.05, 0.1) is 6.54 Å². The Bertz CT molecular complexity index is 932. The zero-order chi connectivity index (χ0) is 22.3. The molecule has 0 radical (unpaired) electrons. The number of likely N-dealkylation sites (tertiary alicyclic amines) is 1. The van der Waals surface area contributed by atoms with Gasteiger partial charge >= 0.3 is 0 Å². The Morgan fingerprint density at radius 3 is 2.59 bits per heavy atom. The number of carbonyl (C=O) groups excluding carboxylic acids is 2. The van der Waals surface area contributed by atoms with E-state index in [1.807, 2.05) is 6.07 Å². The number of hydrogen-bond donors (Lipinski definition) is 0. The molecule has 2 aliphatic heterocycles. The maximum atomic E-state index is 12.8. The highest BCUT2D eigenvalue weighted by molar-refractivity contribution is 5.92. The van der Waals surface area contributed by atoms with E-state index in [0.717, 1.165) is 45.6 Å². The molecule has 2 aromatic rings. The number of Topliss-reactive ketones (excluding diaryl/α,β-unsaturated/α-hetero) is 1. The molecule has 2 saturated heterocycles. The molecule has 170 valence electrons. The smallest absolute Gasteiger partial charge is 0.275 e. The molecule has 1 aromatic heterocycles. The van der Waals surface area contributed by atoms with Crippen LogP contribution < -0.4 is 0 Å². The highest BCUT2D eigenvalue weighted by atomic mass is 16.3. The van der Waals surface area contributed by atoms with Gasteiger partial charge in [-0.15, -0.1) is 0 Å². The van der Waals surface area contributed by atoms with Crippen molar-refractivity contribution < 1.29 is 14.0 Å². The molecule has 1 aromatic carbocycles. The summed E-state index contributed by atoms with van der Waals surface area (Å²) >= 11 is 0. The van der Waals surface area contributed by atoms with Crippen molar-refractivity contribution in [3.05, 3.63) is 59.8 Å². The Hall–Kier alpha value is -2.77. The fraction of sp³-hybridized carbons (Fsp3) is 0.480. The quantitative estimate of drug-likeness (QED) is 0.665. The normalized spacial score (nSPS) is 20.7. The number of piperidine rings is 1. The number of benzene rings is 1. The molecule has 2 fully saturated rings. The number of carbonyl (C=O) groups is 2. The van der Waals surface area contributed by atoms with Crippen molar-refractivity contribution in [1.29, 1.82) is 0 Å². The second-order valence-corrected chi connectivity index (χ2v) is 8.72. The predicted octanol–water partition coefficient (Wildman–Crippen LogP) is 2.95. The standard InChI is InChI=1S/C25H32N4O3/c1-20(30)22-10-6-12-29(17-22)25(31)23-19-32-24(26-23)18-28-15-13-27(14-16-28)11-5-9-21-7-3-2-4-8-21/h2-5,7-9,19,22H,6,10-18H2,1H3/b9-5+. The first-order valence-electron chi connectivity index (χ1n) is 11.5. The number of nitrogens with zero attached hydrogens (tertiary/aromatic N) is 4. The van der Waals surface area contributed by atoms with Gasteiger partial charge in [0.15, 0.2) is 5.69 Å². The van der Waals surface area contributed by atoms with Gasteiger partial charge in [-0.1, -0.05) is 42.5 Å². The first kappa shape index (κ1) is 22.4. The summed E-state index contributed by atoms with van der Waals surface area (Å²) in [4.78, 5) is 35.4. The Kier molecular flexibility index (Phi) is 7.50. The van der Waals surface area contributed by atoms with Crippen LogP contribution in [0, 0.1) is 5.92 Å². The predicted molar refractivity (Wildman–Crippen MR) is 123 cm³/mol. The second kappa shape index (κ2) is 10.7. The van der Waals surface area contributed by atoms with E-state index >= 15 is 0 Å². The van der Waals surface area contributed by atoms with Gasteiger partial charge in [-0.3, -0.25) is 19.4 Å². The second-order valence-electron chi connectivity index (χ2n) is 8.72. The van der Waals surface area contributed by atoms with Crippen LogP contribution in [0.3, 0.4) is 0 Å². The maximum absolute atomic E-state index is 12.8. The minimum Gasteiger partial charge on any atom is -0.447 e. The molecular formula is C25H32N4O3. The van der Waals surface area contributed by atoms with E-state index < -0.39 is 0 Å². The third-order valence-corrected chi connectivity index (χ3v) is 6.35. The number of ketones is 1. The molecule has 0 spiro atoms. The summed E-state index contributed by atoms with van der Waals surface area (Å²) < 4.78 is 5.60. The summed E-state index contributed by atoms with van der Waals surface area (Å²) in [5.41, 5.74) is 1.57. The average molecular weight is 437 g/mol. The first-order valence-corrected chi connectivity index (χ1v) is 11.5. The van der Waals surface area contributed by atoms with Crippen molar-refractivity contribution in [2.75, 3.05) is 45.8 Å². The van der Waals surface area contributed by atoms with Crippen LogP contribution in [0.2, 0.25) is 0 Å². The largest absolute Gasteiger partial charge is 0.447 e. The third kappa shape index (κ3) is 5.93. The molecule has 1 amide bonds. The van der Waals surface area contributed by atoms with Crippen molar-refractivity contribution in [1.82, 2.24) is 19.7 Å². The van der Waals surface area contributed by atoms with Crippen molar-refractivity contribution in [3.8, 4) is 0 Å². The van der Waals surface area contributed by atoms with E-state index in [-0.39, 0.29) is 17.6 Å². The van der Waals surface area contributed by atoms with Crippen LogP contribution in [0.5, 0.6) is 0 Å². The molecule has 1 unspecified atom stereocenters. The molecule has 1 atom stereocenters. The highest BCUT2D eigenvalue weighted by Crippen LogP contribution is 2.19.